The number of carbonyl (C=O) groups excluding carboxylic acids is 2. The molecule has 136 valence electrons. The van der Waals surface area contributed by atoms with Crippen LogP contribution in [0.3, 0.4) is 0 Å². The lowest BCUT2D eigenvalue weighted by molar-refractivity contribution is -0.115. The van der Waals surface area contributed by atoms with Crippen LogP contribution in [0.4, 0.5) is 5.82 Å². The van der Waals surface area contributed by atoms with Crippen molar-refractivity contribution in [3.8, 4) is 0 Å². The van der Waals surface area contributed by atoms with Crippen LogP contribution in [0.25, 0.3) is 0 Å². The van der Waals surface area contributed by atoms with E-state index in [2.05, 4.69) is 41.6 Å². The fourth-order valence-electron chi connectivity index (χ4n) is 2.23. The SMILES string of the molecule is C/C(CC(=O)Nc1ccccn1)=N/NC(=O)c1ccc(C(C)(C)C)cc1. The number of benzene rings is 1. The number of nitrogens with one attached hydrogen (secondary N) is 2. The van der Waals surface area contributed by atoms with Gasteiger partial charge in [-0.25, -0.2) is 10.4 Å². The van der Waals surface area contributed by atoms with Crippen molar-refractivity contribution in [3.63, 3.8) is 0 Å². The van der Waals surface area contributed by atoms with E-state index in [1.165, 1.54) is 0 Å². The number of hydrogen-bond donors (Lipinski definition) is 2. The molecule has 0 spiro atoms. The van der Waals surface area contributed by atoms with E-state index in [-0.39, 0.29) is 23.7 Å². The first-order chi connectivity index (χ1) is 12.3. The zero-order chi connectivity index (χ0) is 19.2. The Morgan fingerprint density at radius 3 is 2.35 bits per heavy atom. The molecule has 2 aromatic rings. The van der Waals surface area contributed by atoms with E-state index in [9.17, 15) is 9.59 Å². The molecule has 0 atom stereocenters. The largest absolute Gasteiger partial charge is 0.310 e. The summed E-state index contributed by atoms with van der Waals surface area (Å²) in [5.74, 6) is -0.0723. The van der Waals surface area contributed by atoms with Gasteiger partial charge in [0.05, 0.1) is 6.42 Å². The van der Waals surface area contributed by atoms with Crippen molar-refractivity contribution in [2.75, 3.05) is 5.32 Å². The van der Waals surface area contributed by atoms with E-state index >= 15 is 0 Å². The summed E-state index contributed by atoms with van der Waals surface area (Å²) in [6, 6.07) is 12.7. The van der Waals surface area contributed by atoms with E-state index in [4.69, 9.17) is 0 Å². The first-order valence-electron chi connectivity index (χ1n) is 8.40. The smallest absolute Gasteiger partial charge is 0.271 e. The van der Waals surface area contributed by atoms with Gasteiger partial charge in [-0.2, -0.15) is 5.10 Å². The topological polar surface area (TPSA) is 83.4 Å². The quantitative estimate of drug-likeness (QED) is 0.638. The number of hydrazone groups is 1. The van der Waals surface area contributed by atoms with Crippen LogP contribution in [-0.4, -0.2) is 22.5 Å². The van der Waals surface area contributed by atoms with E-state index < -0.39 is 0 Å². The number of rotatable bonds is 5. The van der Waals surface area contributed by atoms with Crippen molar-refractivity contribution in [1.82, 2.24) is 10.4 Å². The Morgan fingerprint density at radius 1 is 1.08 bits per heavy atom. The van der Waals surface area contributed by atoms with Gasteiger partial charge in [0.25, 0.3) is 5.91 Å². The molecular weight excluding hydrogens is 328 g/mol. The maximum Gasteiger partial charge on any atom is 0.271 e. The van der Waals surface area contributed by atoms with Gasteiger partial charge in [0.1, 0.15) is 5.82 Å². The van der Waals surface area contributed by atoms with Gasteiger partial charge in [0.2, 0.25) is 5.91 Å². The third-order valence-corrected chi connectivity index (χ3v) is 3.71. The Morgan fingerprint density at radius 2 is 1.77 bits per heavy atom. The molecule has 0 radical (unpaired) electrons. The zero-order valence-corrected chi connectivity index (χ0v) is 15.5. The molecule has 0 saturated carbocycles. The number of amides is 2. The highest BCUT2D eigenvalue weighted by molar-refractivity contribution is 6.05. The van der Waals surface area contributed by atoms with Gasteiger partial charge in [0.15, 0.2) is 0 Å². The maximum atomic E-state index is 12.2. The Kier molecular flexibility index (Phi) is 6.22. The molecule has 0 aliphatic rings. The fourth-order valence-corrected chi connectivity index (χ4v) is 2.23. The van der Waals surface area contributed by atoms with Gasteiger partial charge < -0.3 is 5.32 Å². The van der Waals surface area contributed by atoms with Gasteiger partial charge >= 0.3 is 0 Å². The Labute approximate surface area is 153 Å². The summed E-state index contributed by atoms with van der Waals surface area (Å²) in [6.45, 7) is 8.03. The zero-order valence-electron chi connectivity index (χ0n) is 15.5. The summed E-state index contributed by atoms with van der Waals surface area (Å²) in [7, 11) is 0. The van der Waals surface area contributed by atoms with Crippen LogP contribution in [-0.2, 0) is 10.2 Å². The summed E-state index contributed by atoms with van der Waals surface area (Å²) in [6.07, 6.45) is 1.67. The molecule has 6 heteroatoms. The molecule has 2 amide bonds. The molecule has 0 bridgehead atoms. The lowest BCUT2D eigenvalue weighted by atomic mass is 9.87. The number of pyridine rings is 1. The molecule has 0 aliphatic heterocycles. The van der Waals surface area contributed by atoms with Crippen molar-refractivity contribution in [3.05, 3.63) is 59.8 Å². The standard InChI is InChI=1S/C20H24N4O2/c1-14(13-18(25)22-17-7-5-6-12-21-17)23-24-19(26)15-8-10-16(11-9-15)20(2,3)4/h5-12H,13H2,1-4H3,(H,24,26)(H,21,22,25)/b23-14-. The minimum absolute atomic E-state index is 0.0325. The molecule has 1 aromatic carbocycles. The fraction of sp³-hybridized carbons (Fsp3) is 0.300. The van der Waals surface area contributed by atoms with Crippen molar-refractivity contribution in [2.24, 2.45) is 5.10 Å². The van der Waals surface area contributed by atoms with Crippen LogP contribution in [0, 0.1) is 0 Å². The molecule has 0 unspecified atom stereocenters. The average Bonchev–Trinajstić information content (AvgIpc) is 2.59. The number of carbonyl (C=O) groups is 2. The summed E-state index contributed by atoms with van der Waals surface area (Å²) in [5, 5.41) is 6.66. The van der Waals surface area contributed by atoms with Crippen molar-refractivity contribution in [2.45, 2.75) is 39.5 Å². The molecule has 0 aliphatic carbocycles. The lowest BCUT2D eigenvalue weighted by Crippen LogP contribution is -2.22. The highest BCUT2D eigenvalue weighted by atomic mass is 16.2. The average molecular weight is 352 g/mol. The predicted molar refractivity (Wildman–Crippen MR) is 103 cm³/mol. The lowest BCUT2D eigenvalue weighted by Gasteiger charge is -2.18. The minimum Gasteiger partial charge on any atom is -0.310 e. The molecule has 1 heterocycles. The minimum atomic E-state index is -0.310. The highest BCUT2D eigenvalue weighted by Crippen LogP contribution is 2.22. The first kappa shape index (κ1) is 19.3. The van der Waals surface area contributed by atoms with Crippen molar-refractivity contribution < 1.29 is 9.59 Å². The third kappa shape index (κ3) is 5.81. The second kappa shape index (κ2) is 8.38. The predicted octanol–water partition coefficient (Wildman–Crippen LogP) is 3.51. The number of nitrogens with zero attached hydrogens (tertiary/aromatic N) is 2. The molecule has 2 N–H and O–H groups in total. The molecular formula is C20H24N4O2. The molecule has 0 fully saturated rings. The Bertz CT molecular complexity index is 791. The van der Waals surface area contributed by atoms with Crippen LogP contribution >= 0.6 is 0 Å². The Hall–Kier alpha value is -3.02. The molecule has 26 heavy (non-hydrogen) atoms. The van der Waals surface area contributed by atoms with E-state index in [0.29, 0.717) is 17.1 Å². The van der Waals surface area contributed by atoms with Crippen LogP contribution in [0.2, 0.25) is 0 Å². The van der Waals surface area contributed by atoms with Gasteiger partial charge in [-0.1, -0.05) is 39.0 Å². The highest BCUT2D eigenvalue weighted by Gasteiger charge is 2.14. The van der Waals surface area contributed by atoms with E-state index in [1.54, 1.807) is 43.5 Å². The Balaban J connectivity index is 1.89. The van der Waals surface area contributed by atoms with Gasteiger partial charge in [-0.3, -0.25) is 9.59 Å². The second-order valence-corrected chi connectivity index (χ2v) is 7.06. The van der Waals surface area contributed by atoms with Crippen molar-refractivity contribution >= 4 is 23.3 Å². The normalized spacial score (nSPS) is 11.8. The van der Waals surface area contributed by atoms with E-state index in [1.807, 2.05) is 12.1 Å². The number of aromatic nitrogens is 1. The van der Waals surface area contributed by atoms with Crippen LogP contribution in [0.1, 0.15) is 50.0 Å². The van der Waals surface area contributed by atoms with Crippen molar-refractivity contribution in [1.29, 1.82) is 0 Å². The first-order valence-corrected chi connectivity index (χ1v) is 8.40. The molecule has 2 rings (SSSR count). The van der Waals surface area contributed by atoms with Crippen LogP contribution < -0.4 is 10.7 Å². The molecule has 0 saturated heterocycles. The maximum absolute atomic E-state index is 12.2. The molecule has 1 aromatic heterocycles. The summed E-state index contributed by atoms with van der Waals surface area (Å²) >= 11 is 0. The van der Waals surface area contributed by atoms with Crippen LogP contribution in [0.5, 0.6) is 0 Å². The second-order valence-electron chi connectivity index (χ2n) is 7.06. The van der Waals surface area contributed by atoms with Crippen LogP contribution in [0.15, 0.2) is 53.8 Å². The van der Waals surface area contributed by atoms with Gasteiger partial charge in [0, 0.05) is 17.5 Å². The third-order valence-electron chi connectivity index (χ3n) is 3.71. The monoisotopic (exact) mass is 352 g/mol. The summed E-state index contributed by atoms with van der Waals surface area (Å²) in [5.41, 5.74) is 4.68. The van der Waals surface area contributed by atoms with Gasteiger partial charge in [-0.05, 0) is 42.2 Å². The number of anilines is 1. The number of hydrogen-bond acceptors (Lipinski definition) is 4. The molecule has 6 nitrogen and oxygen atoms in total. The summed E-state index contributed by atoms with van der Waals surface area (Å²) < 4.78 is 0. The van der Waals surface area contributed by atoms with Gasteiger partial charge in [-0.15, -0.1) is 0 Å². The summed E-state index contributed by atoms with van der Waals surface area (Å²) in [4.78, 5) is 28.1. The van der Waals surface area contributed by atoms with E-state index in [0.717, 1.165) is 5.56 Å².